The van der Waals surface area contributed by atoms with Crippen LogP contribution in [0.3, 0.4) is 0 Å². The monoisotopic (exact) mass is 343 g/mol. The predicted octanol–water partition coefficient (Wildman–Crippen LogP) is 3.38. The lowest BCUT2D eigenvalue weighted by molar-refractivity contribution is 0.102. The molecule has 0 bridgehead atoms. The number of rotatable bonds is 6. The molecule has 0 fully saturated rings. The molecule has 24 heavy (non-hydrogen) atoms. The molecular formula is C17H21N5OS. The molecule has 0 spiro atoms. The number of hydrogen-bond acceptors (Lipinski definition) is 4. The summed E-state index contributed by atoms with van der Waals surface area (Å²) in [5.74, 6) is 0.253. The first kappa shape index (κ1) is 17.9. The molecule has 2 aromatic rings. The SMILES string of the molecule is CN=N/N=C(\N)SCC(=O)c1cc(C)n(Cc2ccccc2)c1C. The van der Waals surface area contributed by atoms with Crippen LogP contribution in [0.15, 0.2) is 51.8 Å². The van der Waals surface area contributed by atoms with E-state index >= 15 is 0 Å². The van der Waals surface area contributed by atoms with Crippen molar-refractivity contribution in [3.05, 3.63) is 58.9 Å². The number of amidine groups is 1. The van der Waals surface area contributed by atoms with Crippen molar-refractivity contribution in [2.24, 2.45) is 21.2 Å². The van der Waals surface area contributed by atoms with Crippen molar-refractivity contribution < 1.29 is 4.79 Å². The van der Waals surface area contributed by atoms with E-state index in [9.17, 15) is 4.79 Å². The summed E-state index contributed by atoms with van der Waals surface area (Å²) in [5.41, 5.74) is 9.61. The van der Waals surface area contributed by atoms with Crippen LogP contribution < -0.4 is 5.73 Å². The van der Waals surface area contributed by atoms with Crippen molar-refractivity contribution >= 4 is 22.7 Å². The first-order chi connectivity index (χ1) is 11.5. The van der Waals surface area contributed by atoms with E-state index in [-0.39, 0.29) is 16.7 Å². The highest BCUT2D eigenvalue weighted by atomic mass is 32.2. The van der Waals surface area contributed by atoms with Crippen LogP contribution in [-0.4, -0.2) is 28.3 Å². The minimum atomic E-state index is 0.0269. The van der Waals surface area contributed by atoms with E-state index in [0.717, 1.165) is 35.3 Å². The first-order valence-electron chi connectivity index (χ1n) is 7.52. The second-order valence-electron chi connectivity index (χ2n) is 5.30. The molecule has 0 saturated heterocycles. The quantitative estimate of drug-likeness (QED) is 0.287. The molecule has 0 atom stereocenters. The maximum Gasteiger partial charge on any atom is 0.182 e. The molecular weight excluding hydrogens is 322 g/mol. The van der Waals surface area contributed by atoms with Crippen LogP contribution in [0.4, 0.5) is 0 Å². The number of nitrogens with zero attached hydrogens (tertiary/aromatic N) is 4. The third-order valence-corrected chi connectivity index (χ3v) is 4.43. The molecule has 2 rings (SSSR count). The van der Waals surface area contributed by atoms with Gasteiger partial charge in [0.2, 0.25) is 0 Å². The largest absolute Gasteiger partial charge is 0.377 e. The molecule has 0 radical (unpaired) electrons. The molecule has 2 N–H and O–H groups in total. The standard InChI is InChI=1S/C17H21N5OS/c1-12-9-15(16(23)11-24-17(18)20-21-19-3)13(2)22(12)10-14-7-5-4-6-8-14/h4-9H,10-11H2,1-3H3,(H2,18,19,20). The number of nitrogens with two attached hydrogens (primary N) is 1. The van der Waals surface area contributed by atoms with Crippen LogP contribution in [0.25, 0.3) is 0 Å². The Labute approximate surface area is 145 Å². The Balaban J connectivity index is 2.11. The Kier molecular flexibility index (Phi) is 6.31. The minimum Gasteiger partial charge on any atom is -0.377 e. The summed E-state index contributed by atoms with van der Waals surface area (Å²) < 4.78 is 2.15. The Bertz CT molecular complexity index is 765. The van der Waals surface area contributed by atoms with Gasteiger partial charge in [0.1, 0.15) is 0 Å². The zero-order valence-corrected chi connectivity index (χ0v) is 14.9. The van der Waals surface area contributed by atoms with E-state index in [1.807, 2.05) is 38.1 Å². The van der Waals surface area contributed by atoms with E-state index in [1.54, 1.807) is 0 Å². The number of ketones is 1. The number of hydrogen-bond donors (Lipinski definition) is 1. The molecule has 0 aliphatic heterocycles. The van der Waals surface area contributed by atoms with Crippen LogP contribution in [0.1, 0.15) is 27.3 Å². The van der Waals surface area contributed by atoms with Gasteiger partial charge in [0.25, 0.3) is 0 Å². The molecule has 126 valence electrons. The number of thioether (sulfide) groups is 1. The van der Waals surface area contributed by atoms with Crippen LogP contribution >= 0.6 is 11.8 Å². The summed E-state index contributed by atoms with van der Waals surface area (Å²) >= 11 is 1.16. The molecule has 0 saturated carbocycles. The van der Waals surface area contributed by atoms with Crippen LogP contribution in [0, 0.1) is 13.8 Å². The Morgan fingerprint density at radius 1 is 1.25 bits per heavy atom. The summed E-state index contributed by atoms with van der Waals surface area (Å²) in [5, 5.41) is 10.8. The lowest BCUT2D eigenvalue weighted by Gasteiger charge is -2.10. The van der Waals surface area contributed by atoms with Gasteiger partial charge in [-0.25, -0.2) is 0 Å². The van der Waals surface area contributed by atoms with Gasteiger partial charge in [-0.3, -0.25) is 4.79 Å². The van der Waals surface area contributed by atoms with Crippen LogP contribution in [-0.2, 0) is 6.54 Å². The lowest BCUT2D eigenvalue weighted by Crippen LogP contribution is -2.12. The number of carbonyl (C=O) groups excluding carboxylic acids is 1. The summed E-state index contributed by atoms with van der Waals surface area (Å²) in [6, 6.07) is 12.1. The summed E-state index contributed by atoms with van der Waals surface area (Å²) in [6.45, 7) is 4.73. The number of aromatic nitrogens is 1. The minimum absolute atomic E-state index is 0.0269. The van der Waals surface area contributed by atoms with Gasteiger partial charge < -0.3 is 10.3 Å². The Morgan fingerprint density at radius 2 is 1.96 bits per heavy atom. The average Bonchev–Trinajstić information content (AvgIpc) is 2.87. The van der Waals surface area contributed by atoms with Gasteiger partial charge in [-0.2, -0.15) is 5.11 Å². The van der Waals surface area contributed by atoms with Crippen LogP contribution in [0.2, 0.25) is 0 Å². The average molecular weight is 343 g/mol. The van der Waals surface area contributed by atoms with Gasteiger partial charge >= 0.3 is 0 Å². The molecule has 0 aliphatic rings. The number of benzene rings is 1. The van der Waals surface area contributed by atoms with Gasteiger partial charge in [-0.05, 0) is 30.7 Å². The van der Waals surface area contributed by atoms with Crippen molar-refractivity contribution in [1.29, 1.82) is 0 Å². The van der Waals surface area contributed by atoms with E-state index < -0.39 is 0 Å². The summed E-state index contributed by atoms with van der Waals surface area (Å²) in [6.07, 6.45) is 0. The van der Waals surface area contributed by atoms with Crippen LogP contribution in [0.5, 0.6) is 0 Å². The third kappa shape index (κ3) is 4.55. The van der Waals surface area contributed by atoms with Crippen molar-refractivity contribution in [2.45, 2.75) is 20.4 Å². The molecule has 6 nitrogen and oxygen atoms in total. The van der Waals surface area contributed by atoms with Crippen molar-refractivity contribution in [3.63, 3.8) is 0 Å². The lowest BCUT2D eigenvalue weighted by atomic mass is 10.2. The number of aryl methyl sites for hydroxylation is 1. The van der Waals surface area contributed by atoms with Crippen molar-refractivity contribution in [1.82, 2.24) is 4.57 Å². The normalized spacial score (nSPS) is 12.0. The molecule has 0 aliphatic carbocycles. The Hall–Kier alpha value is -2.41. The highest BCUT2D eigenvalue weighted by molar-refractivity contribution is 8.14. The summed E-state index contributed by atoms with van der Waals surface area (Å²) in [7, 11) is 1.51. The fraction of sp³-hybridized carbons (Fsp3) is 0.294. The second-order valence-corrected chi connectivity index (χ2v) is 6.29. The zero-order chi connectivity index (χ0) is 17.5. The van der Waals surface area contributed by atoms with E-state index in [1.165, 1.54) is 12.6 Å². The number of Topliss-reactive ketones (excluding diaryl/α,β-unsaturated/α-hetero) is 1. The van der Waals surface area contributed by atoms with Gasteiger partial charge in [0.05, 0.1) is 12.8 Å². The molecule has 1 aromatic carbocycles. The fourth-order valence-electron chi connectivity index (χ4n) is 2.43. The van der Waals surface area contributed by atoms with Gasteiger partial charge in [0, 0.05) is 23.5 Å². The highest BCUT2D eigenvalue weighted by Gasteiger charge is 2.16. The topological polar surface area (TPSA) is 85.1 Å². The van der Waals surface area contributed by atoms with Gasteiger partial charge in [-0.1, -0.05) is 42.1 Å². The maximum atomic E-state index is 12.5. The maximum absolute atomic E-state index is 12.5. The van der Waals surface area contributed by atoms with Crippen molar-refractivity contribution in [3.8, 4) is 0 Å². The van der Waals surface area contributed by atoms with E-state index in [2.05, 4.69) is 32.1 Å². The predicted molar refractivity (Wildman–Crippen MR) is 98.6 cm³/mol. The molecule has 1 aromatic heterocycles. The molecule has 1 heterocycles. The molecule has 7 heteroatoms. The smallest absolute Gasteiger partial charge is 0.182 e. The van der Waals surface area contributed by atoms with Crippen molar-refractivity contribution in [2.75, 3.05) is 12.8 Å². The first-order valence-corrected chi connectivity index (χ1v) is 8.50. The highest BCUT2D eigenvalue weighted by Crippen LogP contribution is 2.19. The summed E-state index contributed by atoms with van der Waals surface area (Å²) in [4.78, 5) is 12.5. The third-order valence-electron chi connectivity index (χ3n) is 3.64. The number of carbonyl (C=O) groups is 1. The van der Waals surface area contributed by atoms with E-state index in [0.29, 0.717) is 0 Å². The van der Waals surface area contributed by atoms with Gasteiger partial charge in [0.15, 0.2) is 11.0 Å². The molecule has 0 amide bonds. The van der Waals surface area contributed by atoms with E-state index in [4.69, 9.17) is 5.73 Å². The fourth-order valence-corrected chi connectivity index (χ4v) is 2.96. The Morgan fingerprint density at radius 3 is 2.62 bits per heavy atom. The molecule has 0 unspecified atom stereocenters. The van der Waals surface area contributed by atoms with Gasteiger partial charge in [-0.15, -0.1) is 5.10 Å². The second kappa shape index (κ2) is 8.44. The zero-order valence-electron chi connectivity index (χ0n) is 14.1.